The van der Waals surface area contributed by atoms with Gasteiger partial charge in [-0.15, -0.1) is 11.3 Å². The first kappa shape index (κ1) is 17.2. The number of halogens is 1. The van der Waals surface area contributed by atoms with Crippen LogP contribution in [0.4, 0.5) is 5.00 Å². The second-order valence-corrected chi connectivity index (χ2v) is 9.26. The van der Waals surface area contributed by atoms with E-state index in [-0.39, 0.29) is 11.7 Å². The van der Waals surface area contributed by atoms with Crippen LogP contribution in [0.2, 0.25) is 5.02 Å². The number of hydrazone groups is 1. The summed E-state index contributed by atoms with van der Waals surface area (Å²) in [5, 5.41) is 6.50. The summed E-state index contributed by atoms with van der Waals surface area (Å²) in [5.41, 5.74) is 13.8. The van der Waals surface area contributed by atoms with Crippen LogP contribution in [0.1, 0.15) is 34.9 Å². The molecular formula is C20H22ClN5S. The first-order valence-electron chi connectivity index (χ1n) is 9.21. The van der Waals surface area contributed by atoms with Crippen molar-refractivity contribution in [2.24, 2.45) is 21.7 Å². The molecule has 0 bridgehead atoms. The van der Waals surface area contributed by atoms with Crippen molar-refractivity contribution in [3.05, 3.63) is 50.9 Å². The summed E-state index contributed by atoms with van der Waals surface area (Å²) in [5.74, 6) is 1.34. The van der Waals surface area contributed by atoms with Gasteiger partial charge in [-0.2, -0.15) is 5.10 Å². The van der Waals surface area contributed by atoms with Crippen LogP contribution in [0.15, 0.2) is 34.4 Å². The molecule has 7 heteroatoms. The molecule has 27 heavy (non-hydrogen) atoms. The Bertz CT molecular complexity index is 993. The van der Waals surface area contributed by atoms with Crippen LogP contribution in [-0.2, 0) is 0 Å². The summed E-state index contributed by atoms with van der Waals surface area (Å²) in [6.45, 7) is 7.05. The molecule has 0 radical (unpaired) electrons. The molecule has 140 valence electrons. The average molecular weight is 400 g/mol. The standard InChI is InChI=1S/C20H22ClN5S/c1-10-11(2)27-18-16(10)17(13-4-6-15(21)7-5-13)23-20(8-14(20)9-22)19-25-24-12(3)26(18)19/h4-7,14,19,25H,8-9,22H2,1-3H3/t14-,19?,20-/m0/s1. The van der Waals surface area contributed by atoms with Crippen LogP contribution in [0.3, 0.4) is 0 Å². The van der Waals surface area contributed by atoms with Crippen molar-refractivity contribution >= 4 is 39.5 Å². The summed E-state index contributed by atoms with van der Waals surface area (Å²) in [4.78, 5) is 9.03. The number of aryl methyl sites for hydroxylation is 1. The SMILES string of the molecule is CC1=NNC2N1c1sc(C)c(C)c1C(c1ccc(Cl)cc1)=N[C@]21C[C@H]1CN. The number of fused-ring (bicyclic) bond motifs is 4. The monoisotopic (exact) mass is 399 g/mol. The van der Waals surface area contributed by atoms with E-state index < -0.39 is 0 Å². The molecule has 5 nitrogen and oxygen atoms in total. The number of hydrogen-bond acceptors (Lipinski definition) is 6. The van der Waals surface area contributed by atoms with E-state index in [0.717, 1.165) is 28.6 Å². The van der Waals surface area contributed by atoms with Gasteiger partial charge in [-0.3, -0.25) is 15.3 Å². The van der Waals surface area contributed by atoms with Crippen LogP contribution in [0.25, 0.3) is 0 Å². The quantitative estimate of drug-likeness (QED) is 0.809. The van der Waals surface area contributed by atoms with Gasteiger partial charge in [-0.25, -0.2) is 0 Å². The van der Waals surface area contributed by atoms with Gasteiger partial charge in [0.15, 0.2) is 0 Å². The zero-order valence-corrected chi connectivity index (χ0v) is 17.2. The molecule has 1 saturated carbocycles. The lowest BCUT2D eigenvalue weighted by Gasteiger charge is -2.29. The minimum absolute atomic E-state index is 0.0204. The van der Waals surface area contributed by atoms with Crippen LogP contribution >= 0.6 is 22.9 Å². The van der Waals surface area contributed by atoms with E-state index >= 15 is 0 Å². The fourth-order valence-electron chi connectivity index (χ4n) is 4.35. The summed E-state index contributed by atoms with van der Waals surface area (Å²) >= 11 is 7.96. The zero-order valence-electron chi connectivity index (χ0n) is 15.6. The third-order valence-electron chi connectivity index (χ3n) is 6.09. The topological polar surface area (TPSA) is 66.0 Å². The van der Waals surface area contributed by atoms with Crippen LogP contribution in [-0.4, -0.2) is 29.8 Å². The Morgan fingerprint density at radius 3 is 2.70 bits per heavy atom. The molecule has 1 aromatic heterocycles. The normalized spacial score (nSPS) is 28.3. The molecule has 2 aromatic rings. The summed E-state index contributed by atoms with van der Waals surface area (Å²) in [7, 11) is 0. The maximum Gasteiger partial charge on any atom is 0.147 e. The van der Waals surface area contributed by atoms with E-state index in [1.807, 2.05) is 23.5 Å². The Hall–Kier alpha value is -1.89. The predicted octanol–water partition coefficient (Wildman–Crippen LogP) is 3.66. The Morgan fingerprint density at radius 1 is 1.30 bits per heavy atom. The number of nitrogens with one attached hydrogen (secondary N) is 1. The maximum absolute atomic E-state index is 6.14. The van der Waals surface area contributed by atoms with Gasteiger partial charge < -0.3 is 5.73 Å². The summed E-state index contributed by atoms with van der Waals surface area (Å²) in [6, 6.07) is 8.00. The molecule has 1 aliphatic carbocycles. The first-order valence-corrected chi connectivity index (χ1v) is 10.4. The zero-order chi connectivity index (χ0) is 18.9. The highest BCUT2D eigenvalue weighted by atomic mass is 35.5. The molecule has 3 atom stereocenters. The molecule has 2 aliphatic heterocycles. The number of hydrogen-bond donors (Lipinski definition) is 2. The number of anilines is 1. The molecule has 0 saturated heterocycles. The molecule has 3 heterocycles. The Balaban J connectivity index is 1.79. The van der Waals surface area contributed by atoms with Gasteiger partial charge >= 0.3 is 0 Å². The number of amidine groups is 1. The number of benzene rings is 1. The van der Waals surface area contributed by atoms with Crippen molar-refractivity contribution in [3.8, 4) is 0 Å². The average Bonchev–Trinajstić information content (AvgIpc) is 3.15. The number of nitrogens with zero attached hydrogens (tertiary/aromatic N) is 3. The van der Waals surface area contributed by atoms with Crippen molar-refractivity contribution in [3.63, 3.8) is 0 Å². The second kappa shape index (κ2) is 5.80. The van der Waals surface area contributed by atoms with Crippen LogP contribution in [0, 0.1) is 19.8 Å². The van der Waals surface area contributed by atoms with Crippen molar-refractivity contribution in [2.75, 3.05) is 11.4 Å². The molecule has 1 fully saturated rings. The number of nitrogens with two attached hydrogens (primary N) is 1. The van der Waals surface area contributed by atoms with Gasteiger partial charge in [0.1, 0.15) is 22.5 Å². The largest absolute Gasteiger partial charge is 0.330 e. The number of thiophene rings is 1. The maximum atomic E-state index is 6.14. The predicted molar refractivity (Wildman–Crippen MR) is 113 cm³/mol. The highest BCUT2D eigenvalue weighted by Gasteiger charge is 2.64. The van der Waals surface area contributed by atoms with E-state index in [0.29, 0.717) is 12.5 Å². The number of rotatable bonds is 2. The van der Waals surface area contributed by atoms with Crippen molar-refractivity contribution in [2.45, 2.75) is 38.9 Å². The molecule has 3 aliphatic rings. The molecule has 1 unspecified atom stereocenters. The molecule has 5 rings (SSSR count). The smallest absolute Gasteiger partial charge is 0.147 e. The molecule has 1 spiro atoms. The lowest BCUT2D eigenvalue weighted by molar-refractivity contribution is 0.436. The van der Waals surface area contributed by atoms with E-state index in [2.05, 4.69) is 48.3 Å². The lowest BCUT2D eigenvalue weighted by atomic mass is 9.99. The van der Waals surface area contributed by atoms with Crippen LogP contribution in [0.5, 0.6) is 0 Å². The van der Waals surface area contributed by atoms with Gasteiger partial charge in [-0.05, 0) is 51.4 Å². The Morgan fingerprint density at radius 2 is 2.04 bits per heavy atom. The highest BCUT2D eigenvalue weighted by Crippen LogP contribution is 2.55. The van der Waals surface area contributed by atoms with Gasteiger partial charge in [0, 0.05) is 26.9 Å². The fraction of sp³-hybridized carbons (Fsp3) is 0.400. The minimum Gasteiger partial charge on any atom is -0.330 e. The van der Waals surface area contributed by atoms with Gasteiger partial charge in [-0.1, -0.05) is 23.7 Å². The first-order chi connectivity index (χ1) is 13.0. The summed E-state index contributed by atoms with van der Waals surface area (Å²) in [6.07, 6.45) is 0.997. The van der Waals surface area contributed by atoms with E-state index in [1.54, 1.807) is 0 Å². The third-order valence-corrected chi connectivity index (χ3v) is 7.55. The summed E-state index contributed by atoms with van der Waals surface area (Å²) < 4.78 is 0. The highest BCUT2D eigenvalue weighted by molar-refractivity contribution is 7.17. The van der Waals surface area contributed by atoms with Crippen molar-refractivity contribution < 1.29 is 0 Å². The van der Waals surface area contributed by atoms with E-state index in [4.69, 9.17) is 22.3 Å². The van der Waals surface area contributed by atoms with Crippen molar-refractivity contribution in [1.82, 2.24) is 5.43 Å². The van der Waals surface area contributed by atoms with Gasteiger partial charge in [0.05, 0.1) is 5.71 Å². The minimum atomic E-state index is -0.246. The molecular weight excluding hydrogens is 378 g/mol. The second-order valence-electron chi connectivity index (χ2n) is 7.62. The Kier molecular flexibility index (Phi) is 3.70. The molecule has 1 aromatic carbocycles. The van der Waals surface area contributed by atoms with Crippen molar-refractivity contribution in [1.29, 1.82) is 0 Å². The van der Waals surface area contributed by atoms with E-state index in [1.165, 1.54) is 21.0 Å². The van der Waals surface area contributed by atoms with Crippen LogP contribution < -0.4 is 16.1 Å². The third kappa shape index (κ3) is 2.33. The van der Waals surface area contributed by atoms with E-state index in [9.17, 15) is 0 Å². The molecule has 3 N–H and O–H groups in total. The fourth-order valence-corrected chi connectivity index (χ4v) is 5.71. The molecule has 0 amide bonds. The van der Waals surface area contributed by atoms with Gasteiger partial charge in [0.25, 0.3) is 0 Å². The Labute approximate surface area is 167 Å². The van der Waals surface area contributed by atoms with Gasteiger partial charge in [0.2, 0.25) is 0 Å². The lowest BCUT2D eigenvalue weighted by Crippen LogP contribution is -2.49. The number of aliphatic imine (C=N–C) groups is 1.